The molecule has 176 valence electrons. The minimum absolute atomic E-state index is 0.00144. The van der Waals surface area contributed by atoms with E-state index in [1.54, 1.807) is 29.2 Å². The van der Waals surface area contributed by atoms with E-state index in [0.717, 1.165) is 18.6 Å². The second kappa shape index (κ2) is 9.48. The van der Waals surface area contributed by atoms with Gasteiger partial charge in [0.1, 0.15) is 18.2 Å². The van der Waals surface area contributed by atoms with Gasteiger partial charge in [-0.15, -0.1) is 0 Å². The van der Waals surface area contributed by atoms with Crippen LogP contribution in [-0.4, -0.2) is 49.6 Å². The Bertz CT molecular complexity index is 1190. The van der Waals surface area contributed by atoms with Crippen LogP contribution in [0, 0.1) is 5.82 Å². The van der Waals surface area contributed by atoms with Crippen LogP contribution in [-0.2, 0) is 10.0 Å². The van der Waals surface area contributed by atoms with Gasteiger partial charge in [0.15, 0.2) is 0 Å². The van der Waals surface area contributed by atoms with E-state index in [0.29, 0.717) is 36.4 Å². The standard InChI is InChI=1S/C22H21Cl2FN2O5S/c23-14-5-3-13(4-6-14)22(29)27-9-1-2-15(27)12-32-20-11-19(25)17(10-18(20)24)21(28)26-33(30,31)16-7-8-16/h3-6,10-11,15-16H,1-2,7-9,12H2,(H,26,28)/t15-/m1/s1. The highest BCUT2D eigenvalue weighted by Gasteiger charge is 2.37. The van der Waals surface area contributed by atoms with Crippen LogP contribution in [0.4, 0.5) is 4.39 Å². The van der Waals surface area contributed by atoms with E-state index in [9.17, 15) is 22.4 Å². The number of nitrogens with zero attached hydrogens (tertiary/aromatic N) is 1. The molecule has 11 heteroatoms. The molecule has 2 fully saturated rings. The van der Waals surface area contributed by atoms with Gasteiger partial charge in [0.2, 0.25) is 10.0 Å². The first-order valence-electron chi connectivity index (χ1n) is 10.4. The van der Waals surface area contributed by atoms with Gasteiger partial charge in [-0.1, -0.05) is 23.2 Å². The first-order chi connectivity index (χ1) is 15.7. The van der Waals surface area contributed by atoms with Gasteiger partial charge < -0.3 is 9.64 Å². The maximum atomic E-state index is 14.6. The average Bonchev–Trinajstić information content (AvgIpc) is 3.53. The fraction of sp³-hybridized carbons (Fsp3) is 0.364. The van der Waals surface area contributed by atoms with Crippen molar-refractivity contribution in [3.05, 3.63) is 63.4 Å². The summed E-state index contributed by atoms with van der Waals surface area (Å²) in [6.45, 7) is 0.645. The molecule has 4 rings (SSSR count). The third-order valence-corrected chi connectivity index (χ3v) is 7.99. The number of carbonyl (C=O) groups excluding carboxylic acids is 2. The lowest BCUT2D eigenvalue weighted by Crippen LogP contribution is -2.39. The predicted molar refractivity (Wildman–Crippen MR) is 122 cm³/mol. The molecule has 1 atom stereocenters. The number of carbonyl (C=O) groups is 2. The van der Waals surface area contributed by atoms with Crippen LogP contribution in [0.15, 0.2) is 36.4 Å². The lowest BCUT2D eigenvalue weighted by atomic mass is 10.1. The summed E-state index contributed by atoms with van der Waals surface area (Å²) >= 11 is 12.1. The summed E-state index contributed by atoms with van der Waals surface area (Å²) in [4.78, 5) is 26.8. The largest absolute Gasteiger partial charge is 0.490 e. The third kappa shape index (κ3) is 5.42. The summed E-state index contributed by atoms with van der Waals surface area (Å²) in [6, 6.07) is 8.34. The molecule has 0 aromatic heterocycles. The molecule has 1 saturated carbocycles. The lowest BCUT2D eigenvalue weighted by molar-refractivity contribution is 0.0691. The average molecular weight is 515 g/mol. The van der Waals surface area contributed by atoms with E-state index in [2.05, 4.69) is 0 Å². The number of hydrogen-bond donors (Lipinski definition) is 1. The molecule has 7 nitrogen and oxygen atoms in total. The van der Waals surface area contributed by atoms with Crippen LogP contribution in [0.2, 0.25) is 10.0 Å². The van der Waals surface area contributed by atoms with Crippen LogP contribution >= 0.6 is 23.2 Å². The molecular weight excluding hydrogens is 494 g/mol. The van der Waals surface area contributed by atoms with E-state index < -0.39 is 32.6 Å². The SMILES string of the molecule is O=C(NS(=O)(=O)C1CC1)c1cc(Cl)c(OC[C@H]2CCCN2C(=O)c2ccc(Cl)cc2)cc1F. The van der Waals surface area contributed by atoms with Gasteiger partial charge in [0.25, 0.3) is 11.8 Å². The van der Waals surface area contributed by atoms with Crippen LogP contribution in [0.5, 0.6) is 5.75 Å². The van der Waals surface area contributed by atoms with Crippen molar-refractivity contribution in [1.82, 2.24) is 9.62 Å². The summed E-state index contributed by atoms with van der Waals surface area (Å²) in [7, 11) is -3.82. The van der Waals surface area contributed by atoms with E-state index in [4.69, 9.17) is 27.9 Å². The second-order valence-corrected chi connectivity index (χ2v) is 10.9. The topological polar surface area (TPSA) is 92.8 Å². The van der Waals surface area contributed by atoms with Crippen LogP contribution < -0.4 is 9.46 Å². The Morgan fingerprint density at radius 3 is 2.48 bits per heavy atom. The van der Waals surface area contributed by atoms with Crippen molar-refractivity contribution in [3.8, 4) is 5.75 Å². The Hall–Kier alpha value is -2.36. The lowest BCUT2D eigenvalue weighted by Gasteiger charge is -2.25. The predicted octanol–water partition coefficient (Wildman–Crippen LogP) is 4.04. The van der Waals surface area contributed by atoms with Gasteiger partial charge >= 0.3 is 0 Å². The van der Waals surface area contributed by atoms with Crippen LogP contribution in [0.3, 0.4) is 0 Å². The molecule has 2 aromatic carbocycles. The number of ether oxygens (including phenoxy) is 1. The van der Waals surface area contributed by atoms with Crippen LogP contribution in [0.25, 0.3) is 0 Å². The highest BCUT2D eigenvalue weighted by Crippen LogP contribution is 2.31. The van der Waals surface area contributed by atoms with Crippen molar-refractivity contribution in [1.29, 1.82) is 0 Å². The maximum absolute atomic E-state index is 14.6. The Morgan fingerprint density at radius 1 is 1.12 bits per heavy atom. The van der Waals surface area contributed by atoms with Gasteiger partial charge in [-0.25, -0.2) is 17.5 Å². The van der Waals surface area contributed by atoms with Crippen molar-refractivity contribution in [3.63, 3.8) is 0 Å². The first-order valence-corrected chi connectivity index (χ1v) is 12.7. The number of nitrogens with one attached hydrogen (secondary N) is 1. The fourth-order valence-electron chi connectivity index (χ4n) is 3.68. The van der Waals surface area contributed by atoms with E-state index in [1.807, 2.05) is 4.72 Å². The zero-order valence-electron chi connectivity index (χ0n) is 17.4. The van der Waals surface area contributed by atoms with Crippen LogP contribution in [0.1, 0.15) is 46.4 Å². The molecule has 2 amide bonds. The van der Waals surface area contributed by atoms with Crippen molar-refractivity contribution in [2.75, 3.05) is 13.2 Å². The fourth-order valence-corrected chi connectivity index (χ4v) is 5.32. The third-order valence-electron chi connectivity index (χ3n) is 5.62. The zero-order chi connectivity index (χ0) is 23.8. The molecule has 1 heterocycles. The first kappa shape index (κ1) is 23.8. The molecule has 0 bridgehead atoms. The van der Waals surface area contributed by atoms with Gasteiger partial charge in [0.05, 0.1) is 21.9 Å². The molecule has 0 spiro atoms. The molecule has 0 radical (unpaired) electrons. The Balaban J connectivity index is 1.42. The maximum Gasteiger partial charge on any atom is 0.267 e. The van der Waals surface area contributed by atoms with Gasteiger partial charge in [-0.05, 0) is 56.0 Å². The van der Waals surface area contributed by atoms with Crippen molar-refractivity contribution >= 4 is 45.0 Å². The number of halogens is 3. The summed E-state index contributed by atoms with van der Waals surface area (Å²) < 4.78 is 46.0. The molecular formula is C22H21Cl2FN2O5S. The number of hydrogen-bond acceptors (Lipinski definition) is 5. The molecule has 1 saturated heterocycles. The Morgan fingerprint density at radius 2 is 1.82 bits per heavy atom. The monoisotopic (exact) mass is 514 g/mol. The van der Waals surface area contributed by atoms with Gasteiger partial charge in [-0.2, -0.15) is 0 Å². The Kier molecular flexibility index (Phi) is 6.83. The highest BCUT2D eigenvalue weighted by atomic mass is 35.5. The summed E-state index contributed by atoms with van der Waals surface area (Å²) in [5, 5.41) is -0.127. The van der Waals surface area contributed by atoms with Crippen molar-refractivity contribution in [2.24, 2.45) is 0 Å². The van der Waals surface area contributed by atoms with Crippen molar-refractivity contribution in [2.45, 2.75) is 37.0 Å². The molecule has 33 heavy (non-hydrogen) atoms. The van der Waals surface area contributed by atoms with E-state index in [1.165, 1.54) is 0 Å². The van der Waals surface area contributed by atoms with E-state index >= 15 is 0 Å². The number of rotatable bonds is 7. The van der Waals surface area contributed by atoms with Crippen molar-refractivity contribution < 1.29 is 27.1 Å². The van der Waals surface area contributed by atoms with Gasteiger partial charge in [-0.3, -0.25) is 9.59 Å². The van der Waals surface area contributed by atoms with Gasteiger partial charge in [0, 0.05) is 23.2 Å². The number of amides is 2. The molecule has 1 aliphatic heterocycles. The molecule has 2 aromatic rings. The zero-order valence-corrected chi connectivity index (χ0v) is 19.7. The molecule has 1 N–H and O–H groups in total. The molecule has 1 aliphatic carbocycles. The Labute approximate surface area is 200 Å². The molecule has 2 aliphatic rings. The van der Waals surface area contributed by atoms with E-state index in [-0.39, 0.29) is 29.3 Å². The summed E-state index contributed by atoms with van der Waals surface area (Å²) in [5.41, 5.74) is 0.0175. The summed E-state index contributed by atoms with van der Waals surface area (Å²) in [5.74, 6) is -2.19. The number of benzene rings is 2. The second-order valence-electron chi connectivity index (χ2n) is 8.05. The quantitative estimate of drug-likeness (QED) is 0.601. The normalized spacial score (nSPS) is 18.3. The number of sulfonamides is 1. The number of likely N-dealkylation sites (tertiary alicyclic amines) is 1. The smallest absolute Gasteiger partial charge is 0.267 e. The summed E-state index contributed by atoms with van der Waals surface area (Å²) in [6.07, 6.45) is 2.44. The minimum Gasteiger partial charge on any atom is -0.490 e. The minimum atomic E-state index is -3.82. The molecule has 0 unspecified atom stereocenters. The highest BCUT2D eigenvalue weighted by molar-refractivity contribution is 7.91.